The molecule has 1 fully saturated rings. The van der Waals surface area contributed by atoms with E-state index in [1.54, 1.807) is 29.2 Å². The number of aromatic nitrogens is 3. The number of hydrogen-bond donors (Lipinski definition) is 2. The number of carbonyl (C=O) groups excluding carboxylic acids is 2. The Kier molecular flexibility index (Phi) is 6.99. The van der Waals surface area contributed by atoms with Gasteiger partial charge in [0.05, 0.1) is 27.3 Å². The molecule has 2 aromatic carbocycles. The highest BCUT2D eigenvalue weighted by Gasteiger charge is 2.63. The van der Waals surface area contributed by atoms with Crippen molar-refractivity contribution in [2.45, 2.75) is 32.2 Å². The van der Waals surface area contributed by atoms with E-state index < -0.39 is 11.9 Å². The maximum absolute atomic E-state index is 13.5. The molecule has 0 radical (unpaired) electrons. The predicted molar refractivity (Wildman–Crippen MR) is 148 cm³/mol. The van der Waals surface area contributed by atoms with E-state index in [1.165, 1.54) is 0 Å². The first kappa shape index (κ1) is 25.9. The molecule has 3 N–H and O–H groups in total. The number of nitrogens with two attached hydrogens (primary N) is 1. The Labute approximate surface area is 231 Å². The van der Waals surface area contributed by atoms with Gasteiger partial charge in [-0.1, -0.05) is 67.4 Å². The van der Waals surface area contributed by atoms with Crippen LogP contribution in [-0.2, 0) is 16.0 Å². The first-order valence-corrected chi connectivity index (χ1v) is 13.0. The van der Waals surface area contributed by atoms with Crippen LogP contribution in [0.4, 0.5) is 0 Å². The van der Waals surface area contributed by atoms with E-state index in [9.17, 15) is 9.59 Å². The van der Waals surface area contributed by atoms with E-state index in [2.05, 4.69) is 10.3 Å². The molecule has 1 saturated carbocycles. The summed E-state index contributed by atoms with van der Waals surface area (Å²) < 4.78 is 1.81. The number of hydrogen-bond acceptors (Lipinski definition) is 4. The molecule has 1 aliphatic carbocycles. The standard InChI is InChI=1S/C29H27Cl2N5O2/c1-29(2)25(26(29)28(38)34-23(27(32)37)13-17-7-4-3-5-8-17)24-15-22(18-9-6-12-33-16-18)35-36(24)19-10-11-20(30)21(31)14-19/h3-12,14-16,23,25-26H,13H2,1-2H3,(H2,32,37)(H,34,38)/t23-,25-,26-/m0/s1. The number of nitrogens with zero attached hydrogens (tertiary/aromatic N) is 3. The van der Waals surface area contributed by atoms with Gasteiger partial charge in [-0.3, -0.25) is 14.6 Å². The van der Waals surface area contributed by atoms with Gasteiger partial charge in [-0.25, -0.2) is 4.68 Å². The number of nitrogens with one attached hydrogen (secondary N) is 1. The number of halogens is 2. The van der Waals surface area contributed by atoms with E-state index in [4.69, 9.17) is 34.0 Å². The SMILES string of the molecule is CC1(C)[C@H](C(=O)N[C@@H](Cc2ccccc2)C(N)=O)[C@@H]1c1cc(-c2cccnc2)nn1-c1ccc(Cl)c(Cl)c1. The molecule has 0 unspecified atom stereocenters. The van der Waals surface area contributed by atoms with Crippen LogP contribution in [0.15, 0.2) is 79.1 Å². The zero-order valence-electron chi connectivity index (χ0n) is 20.9. The molecule has 9 heteroatoms. The van der Waals surface area contributed by atoms with Crippen molar-refractivity contribution in [1.82, 2.24) is 20.1 Å². The predicted octanol–water partition coefficient (Wildman–Crippen LogP) is 5.19. The van der Waals surface area contributed by atoms with Crippen LogP contribution < -0.4 is 11.1 Å². The first-order valence-electron chi connectivity index (χ1n) is 12.3. The molecule has 0 spiro atoms. The van der Waals surface area contributed by atoms with E-state index in [-0.39, 0.29) is 23.2 Å². The summed E-state index contributed by atoms with van der Waals surface area (Å²) in [6.45, 7) is 4.07. The number of amides is 2. The van der Waals surface area contributed by atoms with Gasteiger partial charge in [0.1, 0.15) is 6.04 Å². The third kappa shape index (κ3) is 5.04. The van der Waals surface area contributed by atoms with Crippen LogP contribution in [0.3, 0.4) is 0 Å². The van der Waals surface area contributed by atoms with Crippen LogP contribution in [0.2, 0.25) is 10.0 Å². The summed E-state index contributed by atoms with van der Waals surface area (Å²) in [6.07, 6.45) is 3.77. The monoisotopic (exact) mass is 547 g/mol. The fraction of sp³-hybridized carbons (Fsp3) is 0.241. The Morgan fingerprint density at radius 3 is 2.47 bits per heavy atom. The van der Waals surface area contributed by atoms with Gasteiger partial charge in [-0.15, -0.1) is 0 Å². The van der Waals surface area contributed by atoms with Crippen LogP contribution in [0.1, 0.15) is 31.0 Å². The quantitative estimate of drug-likeness (QED) is 0.316. The topological polar surface area (TPSA) is 103 Å². The van der Waals surface area contributed by atoms with Crippen molar-refractivity contribution < 1.29 is 9.59 Å². The van der Waals surface area contributed by atoms with Crippen LogP contribution in [0, 0.1) is 11.3 Å². The van der Waals surface area contributed by atoms with Crippen molar-refractivity contribution in [2.75, 3.05) is 0 Å². The van der Waals surface area contributed by atoms with Gasteiger partial charge in [0.2, 0.25) is 11.8 Å². The molecular weight excluding hydrogens is 521 g/mol. The van der Waals surface area contributed by atoms with Gasteiger partial charge < -0.3 is 11.1 Å². The van der Waals surface area contributed by atoms with E-state index in [0.717, 1.165) is 28.2 Å². The van der Waals surface area contributed by atoms with Crippen molar-refractivity contribution in [1.29, 1.82) is 0 Å². The van der Waals surface area contributed by atoms with Crippen LogP contribution in [0.5, 0.6) is 0 Å². The molecule has 1 aliphatic rings. The number of pyridine rings is 1. The van der Waals surface area contributed by atoms with Gasteiger partial charge in [-0.2, -0.15) is 5.10 Å². The van der Waals surface area contributed by atoms with Crippen molar-refractivity contribution in [3.63, 3.8) is 0 Å². The zero-order chi connectivity index (χ0) is 27.0. The summed E-state index contributed by atoms with van der Waals surface area (Å²) in [6, 6.07) is 19.7. The maximum Gasteiger partial charge on any atom is 0.240 e. The smallest absolute Gasteiger partial charge is 0.240 e. The Hall–Kier alpha value is -3.68. The summed E-state index contributed by atoms with van der Waals surface area (Å²) in [7, 11) is 0. The molecule has 194 valence electrons. The lowest BCUT2D eigenvalue weighted by atomic mass is 10.0. The number of primary amides is 1. The lowest BCUT2D eigenvalue weighted by Crippen LogP contribution is -2.46. The molecule has 4 aromatic rings. The molecule has 0 bridgehead atoms. The number of carbonyl (C=O) groups is 2. The minimum absolute atomic E-state index is 0.167. The van der Waals surface area contributed by atoms with Gasteiger partial charge in [0, 0.05) is 36.0 Å². The molecule has 0 aliphatic heterocycles. The highest BCUT2D eigenvalue weighted by molar-refractivity contribution is 6.42. The van der Waals surface area contributed by atoms with Crippen LogP contribution >= 0.6 is 23.2 Å². The molecule has 0 saturated heterocycles. The summed E-state index contributed by atoms with van der Waals surface area (Å²) in [4.78, 5) is 30.0. The molecule has 3 atom stereocenters. The zero-order valence-corrected chi connectivity index (χ0v) is 22.4. The van der Waals surface area contributed by atoms with Gasteiger partial charge in [-0.05, 0) is 47.4 Å². The minimum Gasteiger partial charge on any atom is -0.368 e. The summed E-state index contributed by atoms with van der Waals surface area (Å²) in [5.74, 6) is -1.35. The highest BCUT2D eigenvalue weighted by atomic mass is 35.5. The van der Waals surface area contributed by atoms with Crippen molar-refractivity contribution in [3.05, 3.63) is 100 Å². The van der Waals surface area contributed by atoms with E-state index in [1.807, 2.05) is 68.4 Å². The molecule has 7 nitrogen and oxygen atoms in total. The Morgan fingerprint density at radius 2 is 1.82 bits per heavy atom. The average molecular weight is 548 g/mol. The second kappa shape index (κ2) is 10.2. The fourth-order valence-electron chi connectivity index (χ4n) is 5.11. The summed E-state index contributed by atoms with van der Waals surface area (Å²) >= 11 is 12.5. The molecule has 2 aromatic heterocycles. The number of rotatable bonds is 8. The molecule has 38 heavy (non-hydrogen) atoms. The lowest BCUT2D eigenvalue weighted by Gasteiger charge is -2.16. The van der Waals surface area contributed by atoms with Crippen molar-refractivity contribution in [3.8, 4) is 16.9 Å². The minimum atomic E-state index is -0.812. The summed E-state index contributed by atoms with van der Waals surface area (Å²) in [5, 5.41) is 8.61. The average Bonchev–Trinajstić information content (AvgIpc) is 3.24. The molecule has 2 amide bonds. The Balaban J connectivity index is 1.48. The number of benzene rings is 2. The Morgan fingerprint density at radius 1 is 1.05 bits per heavy atom. The molecular formula is C29H27Cl2N5O2. The second-order valence-electron chi connectivity index (χ2n) is 10.1. The summed E-state index contributed by atoms with van der Waals surface area (Å²) in [5.41, 5.74) is 9.35. The second-order valence-corrected chi connectivity index (χ2v) is 11.0. The van der Waals surface area contributed by atoms with Crippen molar-refractivity contribution in [2.24, 2.45) is 17.1 Å². The van der Waals surface area contributed by atoms with Crippen LogP contribution in [0.25, 0.3) is 16.9 Å². The molecule has 5 rings (SSSR count). The normalized spacial score (nSPS) is 18.5. The Bertz CT molecular complexity index is 1490. The fourth-order valence-corrected chi connectivity index (χ4v) is 5.40. The van der Waals surface area contributed by atoms with E-state index in [0.29, 0.717) is 16.5 Å². The third-order valence-electron chi connectivity index (χ3n) is 7.21. The largest absolute Gasteiger partial charge is 0.368 e. The lowest BCUT2D eigenvalue weighted by molar-refractivity contribution is -0.128. The first-order chi connectivity index (χ1) is 18.2. The van der Waals surface area contributed by atoms with Gasteiger partial charge in [0.25, 0.3) is 0 Å². The van der Waals surface area contributed by atoms with E-state index >= 15 is 0 Å². The molecule has 2 heterocycles. The third-order valence-corrected chi connectivity index (χ3v) is 7.95. The van der Waals surface area contributed by atoms with Gasteiger partial charge in [0.15, 0.2) is 0 Å². The maximum atomic E-state index is 13.5. The highest BCUT2D eigenvalue weighted by Crippen LogP contribution is 2.65. The van der Waals surface area contributed by atoms with Gasteiger partial charge >= 0.3 is 0 Å². The van der Waals surface area contributed by atoms with Crippen LogP contribution in [-0.4, -0.2) is 32.6 Å². The van der Waals surface area contributed by atoms with Crippen molar-refractivity contribution >= 4 is 35.0 Å².